The Morgan fingerprint density at radius 1 is 0.457 bits per heavy atom. The van der Waals surface area contributed by atoms with Gasteiger partial charge in [-0.05, 0) is 25.3 Å². The van der Waals surface area contributed by atoms with Gasteiger partial charge in [-0.15, -0.1) is 0 Å². The molecule has 0 amide bonds. The Balaban J connectivity index is 1.88. The van der Waals surface area contributed by atoms with E-state index in [1.54, 1.807) is 0 Å². The van der Waals surface area contributed by atoms with Crippen molar-refractivity contribution in [2.45, 2.75) is 187 Å². The van der Waals surface area contributed by atoms with E-state index in [9.17, 15) is 0 Å². The second-order valence-corrected chi connectivity index (χ2v) is 11.3. The van der Waals surface area contributed by atoms with Crippen LogP contribution in [0.2, 0.25) is 0 Å². The van der Waals surface area contributed by atoms with Crippen molar-refractivity contribution in [1.82, 2.24) is 0 Å². The molecule has 0 N–H and O–H groups in total. The molecule has 0 atom stereocenters. The van der Waals surface area contributed by atoms with Gasteiger partial charge in [-0.25, -0.2) is 4.57 Å². The number of unbranched alkanes of at least 4 members (excludes halogenated alkanes) is 23. The molecule has 0 aliphatic heterocycles. The molecule has 0 spiro atoms. The first-order chi connectivity index (χ1) is 17.4. The molecule has 1 rings (SSSR count). The van der Waals surface area contributed by atoms with Gasteiger partial charge < -0.3 is 0 Å². The summed E-state index contributed by atoms with van der Waals surface area (Å²) in [4.78, 5) is 0. The maximum absolute atomic E-state index is 2.43. The first kappa shape index (κ1) is 32.2. The summed E-state index contributed by atoms with van der Waals surface area (Å²) < 4.78 is 2.43. The van der Waals surface area contributed by atoms with Crippen molar-refractivity contribution >= 4 is 0 Å². The van der Waals surface area contributed by atoms with E-state index >= 15 is 0 Å². The van der Waals surface area contributed by atoms with Gasteiger partial charge in [0, 0.05) is 18.1 Å². The van der Waals surface area contributed by atoms with Crippen LogP contribution in [0.3, 0.4) is 0 Å². The molecule has 35 heavy (non-hydrogen) atoms. The Labute approximate surface area is 221 Å². The third kappa shape index (κ3) is 22.1. The van der Waals surface area contributed by atoms with Gasteiger partial charge in [-0.2, -0.15) is 0 Å². The summed E-state index contributed by atoms with van der Waals surface area (Å²) >= 11 is 0. The van der Waals surface area contributed by atoms with E-state index in [1.165, 1.54) is 179 Å². The monoisotopic (exact) mass is 487 g/mol. The van der Waals surface area contributed by atoms with Gasteiger partial charge in [-0.1, -0.05) is 155 Å². The third-order valence-corrected chi connectivity index (χ3v) is 7.76. The molecule has 0 aliphatic carbocycles. The van der Waals surface area contributed by atoms with Crippen LogP contribution >= 0.6 is 0 Å². The molecule has 0 unspecified atom stereocenters. The van der Waals surface area contributed by atoms with Gasteiger partial charge in [0.25, 0.3) is 0 Å². The molecule has 0 saturated heterocycles. The van der Waals surface area contributed by atoms with E-state index in [0.717, 1.165) is 0 Å². The highest BCUT2D eigenvalue weighted by molar-refractivity contribution is 5.05. The van der Waals surface area contributed by atoms with Gasteiger partial charge in [0.05, 0.1) is 0 Å². The third-order valence-electron chi connectivity index (χ3n) is 7.76. The van der Waals surface area contributed by atoms with Crippen LogP contribution in [0.15, 0.2) is 24.5 Å². The van der Waals surface area contributed by atoms with Crippen molar-refractivity contribution < 1.29 is 4.57 Å². The largest absolute Gasteiger partial charge is 0.205 e. The summed E-state index contributed by atoms with van der Waals surface area (Å²) in [5, 5.41) is 0. The molecule has 1 nitrogen and oxygen atoms in total. The normalized spacial score (nSPS) is 11.4. The minimum atomic E-state index is 1.20. The smallest absolute Gasteiger partial charge is 0.171 e. The summed E-state index contributed by atoms with van der Waals surface area (Å²) in [6.45, 7) is 5.80. The summed E-state index contributed by atoms with van der Waals surface area (Å²) in [5.41, 5.74) is 1.54. The van der Waals surface area contributed by atoms with Crippen molar-refractivity contribution in [2.24, 2.45) is 0 Å². The highest BCUT2D eigenvalue weighted by atomic mass is 14.9. The summed E-state index contributed by atoms with van der Waals surface area (Å²) in [6, 6.07) is 4.59. The van der Waals surface area contributed by atoms with Crippen LogP contribution in [0.4, 0.5) is 0 Å². The number of hydrogen-bond donors (Lipinski definition) is 0. The summed E-state index contributed by atoms with van der Waals surface area (Å²) in [6.07, 6.45) is 41.8. The molecule has 1 heterocycles. The van der Waals surface area contributed by atoms with Gasteiger partial charge >= 0.3 is 0 Å². The molecule has 1 aromatic rings. The summed E-state index contributed by atoms with van der Waals surface area (Å²) in [7, 11) is 0. The standard InChI is InChI=1S/C34H64N/c1-3-5-7-9-11-13-14-15-16-17-18-19-20-22-24-26-29-34-30-28-32-35(33-34)31-27-25-23-21-12-10-8-6-4-2/h28,30,32-33H,3-27,29,31H2,1-2H3/q+1. The predicted octanol–water partition coefficient (Wildman–Crippen LogP) is 11.3. The highest BCUT2D eigenvalue weighted by Gasteiger charge is 2.03. The van der Waals surface area contributed by atoms with Crippen LogP contribution in [0, 0.1) is 0 Å². The van der Waals surface area contributed by atoms with Crippen molar-refractivity contribution in [3.05, 3.63) is 30.1 Å². The number of hydrogen-bond acceptors (Lipinski definition) is 0. The molecule has 0 saturated carbocycles. The van der Waals surface area contributed by atoms with Crippen LogP contribution in [0.25, 0.3) is 0 Å². The van der Waals surface area contributed by atoms with Crippen LogP contribution < -0.4 is 4.57 Å². The highest BCUT2D eigenvalue weighted by Crippen LogP contribution is 2.14. The molecule has 0 aliphatic rings. The molecule has 0 radical (unpaired) electrons. The number of rotatable bonds is 27. The zero-order valence-corrected chi connectivity index (χ0v) is 24.3. The van der Waals surface area contributed by atoms with E-state index in [4.69, 9.17) is 0 Å². The van der Waals surface area contributed by atoms with Crippen LogP contribution in [-0.2, 0) is 13.0 Å². The first-order valence-corrected chi connectivity index (χ1v) is 16.3. The van der Waals surface area contributed by atoms with Crippen LogP contribution in [0.1, 0.15) is 180 Å². The molecule has 204 valence electrons. The van der Waals surface area contributed by atoms with Crippen LogP contribution in [-0.4, -0.2) is 0 Å². The fourth-order valence-corrected chi connectivity index (χ4v) is 5.35. The van der Waals surface area contributed by atoms with Gasteiger partial charge in [-0.3, -0.25) is 0 Å². The molecular weight excluding hydrogens is 422 g/mol. The molecular formula is C34H64N+. The second-order valence-electron chi connectivity index (χ2n) is 11.3. The number of nitrogens with zero attached hydrogens (tertiary/aromatic N) is 1. The fourth-order valence-electron chi connectivity index (χ4n) is 5.35. The molecule has 0 aromatic carbocycles. The lowest BCUT2D eigenvalue weighted by Crippen LogP contribution is -2.33. The van der Waals surface area contributed by atoms with Gasteiger partial charge in [0.1, 0.15) is 6.54 Å². The maximum atomic E-state index is 2.43. The zero-order valence-electron chi connectivity index (χ0n) is 24.3. The molecule has 1 aromatic heterocycles. The zero-order chi connectivity index (χ0) is 25.1. The number of aryl methyl sites for hydroxylation is 2. The van der Waals surface area contributed by atoms with Crippen molar-refractivity contribution in [3.8, 4) is 0 Å². The lowest BCUT2D eigenvalue weighted by Gasteiger charge is -2.04. The van der Waals surface area contributed by atoms with Gasteiger partial charge in [0.2, 0.25) is 0 Å². The minimum Gasteiger partial charge on any atom is -0.205 e. The van der Waals surface area contributed by atoms with E-state index in [0.29, 0.717) is 0 Å². The van der Waals surface area contributed by atoms with E-state index in [1.807, 2.05) is 0 Å². The van der Waals surface area contributed by atoms with E-state index in [2.05, 4.69) is 42.9 Å². The van der Waals surface area contributed by atoms with Crippen molar-refractivity contribution in [2.75, 3.05) is 0 Å². The fraction of sp³-hybridized carbons (Fsp3) is 0.853. The quantitative estimate of drug-likeness (QED) is 0.0859. The molecule has 0 fully saturated rings. The SMILES string of the molecule is CCCCCCCCCCCCCCCCCCc1ccc[n+](CCCCCCCCCCC)c1. The predicted molar refractivity (Wildman–Crippen MR) is 157 cm³/mol. The lowest BCUT2D eigenvalue weighted by atomic mass is 10.0. The lowest BCUT2D eigenvalue weighted by molar-refractivity contribution is -0.697. The Morgan fingerprint density at radius 2 is 0.829 bits per heavy atom. The Morgan fingerprint density at radius 3 is 1.26 bits per heavy atom. The summed E-state index contributed by atoms with van der Waals surface area (Å²) in [5.74, 6) is 0. The molecule has 0 bridgehead atoms. The Kier molecular flexibility index (Phi) is 24.1. The Hall–Kier alpha value is -0.850. The van der Waals surface area contributed by atoms with E-state index < -0.39 is 0 Å². The number of aromatic nitrogens is 1. The molecule has 1 heteroatoms. The first-order valence-electron chi connectivity index (χ1n) is 16.3. The second kappa shape index (κ2) is 26.2. The van der Waals surface area contributed by atoms with Crippen molar-refractivity contribution in [3.63, 3.8) is 0 Å². The topological polar surface area (TPSA) is 3.88 Å². The number of pyridine rings is 1. The van der Waals surface area contributed by atoms with Crippen LogP contribution in [0.5, 0.6) is 0 Å². The van der Waals surface area contributed by atoms with Gasteiger partial charge in [0.15, 0.2) is 12.4 Å². The Bertz CT molecular complexity index is 537. The average Bonchev–Trinajstić information content (AvgIpc) is 2.88. The minimum absolute atomic E-state index is 1.20. The van der Waals surface area contributed by atoms with E-state index in [-0.39, 0.29) is 0 Å². The maximum Gasteiger partial charge on any atom is 0.171 e. The average molecular weight is 487 g/mol. The van der Waals surface area contributed by atoms with Crippen molar-refractivity contribution in [1.29, 1.82) is 0 Å².